The molecule has 0 aliphatic carbocycles. The van der Waals surface area contributed by atoms with Gasteiger partial charge in [-0.15, -0.1) is 0 Å². The van der Waals surface area contributed by atoms with Gasteiger partial charge < -0.3 is 24.6 Å². The molecule has 2 aromatic carbocycles. The summed E-state index contributed by atoms with van der Waals surface area (Å²) >= 11 is 0. The van der Waals surface area contributed by atoms with Crippen LogP contribution < -0.4 is 14.8 Å². The molecule has 1 saturated heterocycles. The molecular formula is C26H31N3O4. The van der Waals surface area contributed by atoms with E-state index in [-0.39, 0.29) is 24.6 Å². The Bertz CT molecular complexity index is 1050. The molecule has 1 N–H and O–H groups in total. The van der Waals surface area contributed by atoms with Crippen LogP contribution in [-0.4, -0.2) is 61.1 Å². The van der Waals surface area contributed by atoms with E-state index in [9.17, 15) is 9.59 Å². The Morgan fingerprint density at radius 2 is 1.85 bits per heavy atom. The molecule has 1 fully saturated rings. The van der Waals surface area contributed by atoms with E-state index >= 15 is 0 Å². The fraction of sp³-hybridized carbons (Fsp3) is 0.462. The van der Waals surface area contributed by atoms with Crippen molar-refractivity contribution in [1.82, 2.24) is 15.1 Å². The number of benzene rings is 2. The number of carbonyl (C=O) groups excluding carboxylic acids is 2. The third-order valence-corrected chi connectivity index (χ3v) is 6.99. The highest BCUT2D eigenvalue weighted by atomic mass is 16.7. The SMILES string of the molecule is CCCN1C(=O)c2ccccc2C(C(=O)NC2CCN(C)CC2)C1c1ccc2c(c1)OCO2. The molecule has 3 aliphatic heterocycles. The standard InChI is InChI=1S/C26H31N3O4/c1-3-12-29-24(17-8-9-21-22(15-17)33-16-32-21)23(19-6-4-5-7-20(19)26(29)31)25(30)27-18-10-13-28(2)14-11-18/h4-9,15,18,23-24H,3,10-14,16H2,1-2H3,(H,27,30). The molecule has 0 radical (unpaired) electrons. The summed E-state index contributed by atoms with van der Waals surface area (Å²) in [6.07, 6.45) is 2.67. The third-order valence-electron chi connectivity index (χ3n) is 6.99. The van der Waals surface area contributed by atoms with Gasteiger partial charge in [0.2, 0.25) is 12.7 Å². The first-order valence-electron chi connectivity index (χ1n) is 11.8. The van der Waals surface area contributed by atoms with Crippen LogP contribution in [0.5, 0.6) is 11.5 Å². The van der Waals surface area contributed by atoms with Crippen molar-refractivity contribution < 1.29 is 19.1 Å². The highest BCUT2D eigenvalue weighted by molar-refractivity contribution is 6.01. The van der Waals surface area contributed by atoms with E-state index in [1.807, 2.05) is 47.4 Å². The summed E-state index contributed by atoms with van der Waals surface area (Å²) in [4.78, 5) is 31.6. The van der Waals surface area contributed by atoms with Crippen LogP contribution in [-0.2, 0) is 4.79 Å². The number of hydrogen-bond acceptors (Lipinski definition) is 5. The van der Waals surface area contributed by atoms with Crippen LogP contribution >= 0.6 is 0 Å². The van der Waals surface area contributed by atoms with Crippen molar-refractivity contribution in [2.75, 3.05) is 33.5 Å². The van der Waals surface area contributed by atoms with Gasteiger partial charge in [-0.1, -0.05) is 31.2 Å². The van der Waals surface area contributed by atoms with Crippen LogP contribution in [0, 0.1) is 0 Å². The van der Waals surface area contributed by atoms with Crippen LogP contribution in [0.25, 0.3) is 0 Å². The highest BCUT2D eigenvalue weighted by Gasteiger charge is 2.44. The van der Waals surface area contributed by atoms with Crippen molar-refractivity contribution in [2.45, 2.75) is 44.2 Å². The van der Waals surface area contributed by atoms with E-state index in [2.05, 4.69) is 24.2 Å². The first-order chi connectivity index (χ1) is 16.1. The zero-order valence-corrected chi connectivity index (χ0v) is 19.3. The largest absolute Gasteiger partial charge is 0.454 e. The number of nitrogens with one attached hydrogen (secondary N) is 1. The van der Waals surface area contributed by atoms with Crippen LogP contribution in [0.4, 0.5) is 0 Å². The Labute approximate surface area is 194 Å². The third kappa shape index (κ3) is 4.06. The van der Waals surface area contributed by atoms with Crippen molar-refractivity contribution in [1.29, 1.82) is 0 Å². The van der Waals surface area contributed by atoms with Crippen molar-refractivity contribution in [2.24, 2.45) is 0 Å². The molecule has 7 heteroatoms. The second kappa shape index (κ2) is 9.06. The summed E-state index contributed by atoms with van der Waals surface area (Å²) < 4.78 is 11.1. The normalized spacial score (nSPS) is 22.8. The molecule has 0 saturated carbocycles. The number of carbonyl (C=O) groups is 2. The van der Waals surface area contributed by atoms with Gasteiger partial charge in [0.05, 0.1) is 12.0 Å². The molecule has 0 bridgehead atoms. The van der Waals surface area contributed by atoms with Gasteiger partial charge >= 0.3 is 0 Å². The lowest BCUT2D eigenvalue weighted by atomic mass is 9.78. The quantitative estimate of drug-likeness (QED) is 0.758. The predicted octanol–water partition coefficient (Wildman–Crippen LogP) is 3.32. The maximum absolute atomic E-state index is 13.9. The van der Waals surface area contributed by atoms with Crippen LogP contribution in [0.15, 0.2) is 42.5 Å². The zero-order valence-electron chi connectivity index (χ0n) is 19.3. The molecule has 5 rings (SSSR count). The molecule has 2 atom stereocenters. The molecule has 0 spiro atoms. The maximum atomic E-state index is 13.9. The lowest BCUT2D eigenvalue weighted by molar-refractivity contribution is -0.125. The van der Waals surface area contributed by atoms with E-state index in [4.69, 9.17) is 9.47 Å². The minimum atomic E-state index is -0.495. The number of piperidine rings is 1. The van der Waals surface area contributed by atoms with E-state index < -0.39 is 12.0 Å². The fourth-order valence-electron chi connectivity index (χ4n) is 5.27. The molecule has 33 heavy (non-hydrogen) atoms. The molecule has 3 aliphatic rings. The summed E-state index contributed by atoms with van der Waals surface area (Å²) in [5, 5.41) is 3.32. The first-order valence-corrected chi connectivity index (χ1v) is 11.8. The van der Waals surface area contributed by atoms with Gasteiger partial charge in [-0.05, 0) is 68.7 Å². The van der Waals surface area contributed by atoms with Gasteiger partial charge in [0.1, 0.15) is 0 Å². The number of nitrogens with zero attached hydrogens (tertiary/aromatic N) is 2. The second-order valence-electron chi connectivity index (χ2n) is 9.21. The molecular weight excluding hydrogens is 418 g/mol. The molecule has 174 valence electrons. The topological polar surface area (TPSA) is 71.1 Å². The van der Waals surface area contributed by atoms with E-state index in [1.54, 1.807) is 0 Å². The summed E-state index contributed by atoms with van der Waals surface area (Å²) in [6.45, 7) is 4.75. The van der Waals surface area contributed by atoms with E-state index in [0.717, 1.165) is 43.5 Å². The van der Waals surface area contributed by atoms with Gasteiger partial charge in [0, 0.05) is 18.2 Å². The average molecular weight is 450 g/mol. The average Bonchev–Trinajstić information content (AvgIpc) is 3.30. The molecule has 2 unspecified atom stereocenters. The van der Waals surface area contributed by atoms with Crippen molar-refractivity contribution in [3.8, 4) is 11.5 Å². The van der Waals surface area contributed by atoms with Crippen LogP contribution in [0.1, 0.15) is 59.6 Å². The summed E-state index contributed by atoms with van der Waals surface area (Å²) in [6, 6.07) is 13.0. The van der Waals surface area contributed by atoms with Gasteiger partial charge in [-0.3, -0.25) is 9.59 Å². The Morgan fingerprint density at radius 3 is 2.64 bits per heavy atom. The number of fused-ring (bicyclic) bond motifs is 2. The summed E-state index contributed by atoms with van der Waals surface area (Å²) in [5.41, 5.74) is 2.30. The zero-order chi connectivity index (χ0) is 22.9. The second-order valence-corrected chi connectivity index (χ2v) is 9.21. The molecule has 3 heterocycles. The van der Waals surface area contributed by atoms with Crippen LogP contribution in [0.3, 0.4) is 0 Å². The van der Waals surface area contributed by atoms with Gasteiger partial charge in [0.15, 0.2) is 11.5 Å². The smallest absolute Gasteiger partial charge is 0.254 e. The monoisotopic (exact) mass is 449 g/mol. The molecule has 2 aromatic rings. The number of likely N-dealkylation sites (tertiary alicyclic amines) is 1. The minimum absolute atomic E-state index is 0.0201. The molecule has 2 amide bonds. The van der Waals surface area contributed by atoms with Gasteiger partial charge in [0.25, 0.3) is 5.91 Å². The Morgan fingerprint density at radius 1 is 1.09 bits per heavy atom. The Hall–Kier alpha value is -3.06. The molecule has 7 nitrogen and oxygen atoms in total. The number of rotatable bonds is 5. The van der Waals surface area contributed by atoms with Crippen molar-refractivity contribution in [3.05, 3.63) is 59.2 Å². The van der Waals surface area contributed by atoms with Gasteiger partial charge in [-0.25, -0.2) is 0 Å². The lowest BCUT2D eigenvalue weighted by Gasteiger charge is -2.42. The summed E-state index contributed by atoms with van der Waals surface area (Å²) in [5.74, 6) is 0.803. The number of amides is 2. The van der Waals surface area contributed by atoms with E-state index in [1.165, 1.54) is 0 Å². The fourth-order valence-corrected chi connectivity index (χ4v) is 5.27. The Balaban J connectivity index is 1.56. The Kier molecular flexibility index (Phi) is 5.98. The first kappa shape index (κ1) is 21.8. The van der Waals surface area contributed by atoms with Crippen molar-refractivity contribution >= 4 is 11.8 Å². The molecule has 0 aromatic heterocycles. The highest BCUT2D eigenvalue weighted by Crippen LogP contribution is 2.45. The minimum Gasteiger partial charge on any atom is -0.454 e. The number of ether oxygens (including phenoxy) is 2. The number of hydrogen-bond donors (Lipinski definition) is 1. The predicted molar refractivity (Wildman–Crippen MR) is 124 cm³/mol. The summed E-state index contributed by atoms with van der Waals surface area (Å²) in [7, 11) is 2.11. The van der Waals surface area contributed by atoms with Crippen molar-refractivity contribution in [3.63, 3.8) is 0 Å². The van der Waals surface area contributed by atoms with E-state index in [0.29, 0.717) is 23.6 Å². The van der Waals surface area contributed by atoms with Gasteiger partial charge in [-0.2, -0.15) is 0 Å². The maximum Gasteiger partial charge on any atom is 0.254 e. The lowest BCUT2D eigenvalue weighted by Crippen LogP contribution is -2.50. The van der Waals surface area contributed by atoms with Crippen LogP contribution in [0.2, 0.25) is 0 Å².